The molecule has 1 aliphatic heterocycles. The van der Waals surface area contributed by atoms with E-state index in [0.29, 0.717) is 18.0 Å². The topological polar surface area (TPSA) is 105 Å². The fraction of sp³-hybridized carbons (Fsp3) is 0.474. The van der Waals surface area contributed by atoms with E-state index >= 15 is 0 Å². The number of amides is 1. The molecule has 1 saturated heterocycles. The first kappa shape index (κ1) is 17.9. The number of hydrogen-bond acceptors (Lipinski definition) is 6. The lowest BCUT2D eigenvalue weighted by Gasteiger charge is -2.21. The minimum Gasteiger partial charge on any atom is -0.369 e. The highest BCUT2D eigenvalue weighted by Gasteiger charge is 2.28. The van der Waals surface area contributed by atoms with E-state index in [1.807, 2.05) is 6.07 Å². The fourth-order valence-electron chi connectivity index (χ4n) is 3.40. The normalized spacial score (nSPS) is 24.2. The van der Waals surface area contributed by atoms with Crippen LogP contribution in [-0.4, -0.2) is 47.5 Å². The zero-order valence-electron chi connectivity index (χ0n) is 14.6. The second-order valence-electron chi connectivity index (χ2n) is 6.67. The predicted octanol–water partition coefficient (Wildman–Crippen LogP) is 1.41. The van der Waals surface area contributed by atoms with Gasteiger partial charge in [-0.05, 0) is 37.3 Å². The lowest BCUT2D eigenvalue weighted by atomic mass is 10.1. The summed E-state index contributed by atoms with van der Waals surface area (Å²) in [5, 5.41) is 24.4. The molecule has 0 unspecified atom stereocenters. The van der Waals surface area contributed by atoms with Gasteiger partial charge in [0.25, 0.3) is 0 Å². The van der Waals surface area contributed by atoms with Gasteiger partial charge in [0.15, 0.2) is 0 Å². The molecule has 2 heterocycles. The van der Waals surface area contributed by atoms with Crippen LogP contribution < -0.4 is 10.6 Å². The Morgan fingerprint density at radius 1 is 1.35 bits per heavy atom. The van der Waals surface area contributed by atoms with Crippen molar-refractivity contribution in [1.29, 1.82) is 10.5 Å². The van der Waals surface area contributed by atoms with E-state index in [4.69, 9.17) is 10.5 Å². The number of nitrogens with one attached hydrogen (secondary N) is 2. The monoisotopic (exact) mass is 350 g/mol. The number of likely N-dealkylation sites (tertiary alicyclic amines) is 1. The maximum absolute atomic E-state index is 12.3. The van der Waals surface area contributed by atoms with Gasteiger partial charge in [0.1, 0.15) is 17.9 Å². The summed E-state index contributed by atoms with van der Waals surface area (Å²) in [4.78, 5) is 18.1. The van der Waals surface area contributed by atoms with Gasteiger partial charge in [-0.25, -0.2) is 4.98 Å². The summed E-state index contributed by atoms with van der Waals surface area (Å²) in [6, 6.07) is 7.69. The zero-order valence-corrected chi connectivity index (χ0v) is 14.6. The molecule has 134 valence electrons. The van der Waals surface area contributed by atoms with Gasteiger partial charge in [-0.2, -0.15) is 10.5 Å². The van der Waals surface area contributed by atoms with Crippen molar-refractivity contribution in [1.82, 2.24) is 15.2 Å². The minimum atomic E-state index is -0.264. The summed E-state index contributed by atoms with van der Waals surface area (Å²) in [5.74, 6) is 1.12. The van der Waals surface area contributed by atoms with Gasteiger partial charge in [-0.1, -0.05) is 12.2 Å². The van der Waals surface area contributed by atoms with E-state index in [1.54, 1.807) is 23.2 Å². The Labute approximate surface area is 153 Å². The van der Waals surface area contributed by atoms with Crippen molar-refractivity contribution in [3.63, 3.8) is 0 Å². The van der Waals surface area contributed by atoms with Gasteiger partial charge >= 0.3 is 0 Å². The van der Waals surface area contributed by atoms with E-state index < -0.39 is 0 Å². The molecule has 0 aromatic carbocycles. The summed E-state index contributed by atoms with van der Waals surface area (Å²) >= 11 is 0. The van der Waals surface area contributed by atoms with Crippen molar-refractivity contribution in [2.75, 3.05) is 25.0 Å². The molecule has 1 aromatic rings. The standard InChI is InChI=1S/C19H22N6O/c20-9-15-4-6-18(24-12-15)23-11-14-3-5-16(8-14)22-13-19(26)25-7-1-2-17(25)10-21/h3-6,12,14,16-17,22H,1-2,7-8,11,13H2,(H,23,24)/t14-,16-,17-/m0/s1. The van der Waals surface area contributed by atoms with Gasteiger partial charge in [0, 0.05) is 25.3 Å². The van der Waals surface area contributed by atoms with Crippen molar-refractivity contribution in [2.24, 2.45) is 5.92 Å². The molecule has 1 amide bonds. The van der Waals surface area contributed by atoms with E-state index in [2.05, 4.69) is 33.8 Å². The molecular weight excluding hydrogens is 328 g/mol. The SMILES string of the molecule is N#Cc1ccc(NC[C@H]2C=C[C@H](NCC(=O)N3CCC[C@H]3C#N)C2)nc1. The van der Waals surface area contributed by atoms with Crippen molar-refractivity contribution < 1.29 is 4.79 Å². The van der Waals surface area contributed by atoms with E-state index in [-0.39, 0.29) is 24.5 Å². The zero-order chi connectivity index (χ0) is 18.4. The number of carbonyl (C=O) groups is 1. The summed E-state index contributed by atoms with van der Waals surface area (Å²) in [5.41, 5.74) is 0.543. The van der Waals surface area contributed by atoms with Gasteiger partial charge in [0.2, 0.25) is 5.91 Å². The third-order valence-electron chi connectivity index (χ3n) is 4.85. The Kier molecular flexibility index (Phi) is 5.83. The summed E-state index contributed by atoms with van der Waals surface area (Å²) < 4.78 is 0. The Morgan fingerprint density at radius 3 is 2.96 bits per heavy atom. The smallest absolute Gasteiger partial charge is 0.237 e. The Balaban J connectivity index is 1.39. The summed E-state index contributed by atoms with van der Waals surface area (Å²) in [6.07, 6.45) is 8.39. The Morgan fingerprint density at radius 2 is 2.23 bits per heavy atom. The molecule has 2 N–H and O–H groups in total. The first-order chi connectivity index (χ1) is 12.7. The molecule has 3 rings (SSSR count). The molecular formula is C19H22N6O. The second-order valence-corrected chi connectivity index (χ2v) is 6.67. The number of pyridine rings is 1. The maximum Gasteiger partial charge on any atom is 0.237 e. The lowest BCUT2D eigenvalue weighted by Crippen LogP contribution is -2.42. The molecule has 0 spiro atoms. The van der Waals surface area contributed by atoms with Crippen LogP contribution in [0.5, 0.6) is 0 Å². The number of rotatable bonds is 6. The van der Waals surface area contributed by atoms with Gasteiger partial charge in [-0.15, -0.1) is 0 Å². The quantitative estimate of drug-likeness (QED) is 0.752. The first-order valence-electron chi connectivity index (χ1n) is 8.90. The molecule has 0 radical (unpaired) electrons. The van der Waals surface area contributed by atoms with E-state index in [1.165, 1.54) is 0 Å². The number of anilines is 1. The molecule has 7 nitrogen and oxygen atoms in total. The molecule has 7 heteroatoms. The van der Waals surface area contributed by atoms with Crippen LogP contribution in [0.25, 0.3) is 0 Å². The number of nitriles is 2. The Bertz CT molecular complexity index is 745. The molecule has 0 saturated carbocycles. The van der Waals surface area contributed by atoms with Crippen LogP contribution in [0.3, 0.4) is 0 Å². The van der Waals surface area contributed by atoms with Crippen LogP contribution in [-0.2, 0) is 4.79 Å². The molecule has 1 fully saturated rings. The minimum absolute atomic E-state index is 0.00538. The van der Waals surface area contributed by atoms with Gasteiger partial charge in [0.05, 0.1) is 18.2 Å². The van der Waals surface area contributed by atoms with Crippen LogP contribution in [0.4, 0.5) is 5.82 Å². The third-order valence-corrected chi connectivity index (χ3v) is 4.85. The van der Waals surface area contributed by atoms with Crippen molar-refractivity contribution in [3.8, 4) is 12.1 Å². The Hall–Kier alpha value is -2.90. The van der Waals surface area contributed by atoms with Crippen LogP contribution in [0.15, 0.2) is 30.5 Å². The van der Waals surface area contributed by atoms with Crippen molar-refractivity contribution in [2.45, 2.75) is 31.3 Å². The molecule has 26 heavy (non-hydrogen) atoms. The fourth-order valence-corrected chi connectivity index (χ4v) is 3.40. The van der Waals surface area contributed by atoms with Crippen LogP contribution in [0, 0.1) is 28.6 Å². The van der Waals surface area contributed by atoms with Crippen molar-refractivity contribution >= 4 is 11.7 Å². The van der Waals surface area contributed by atoms with Crippen LogP contribution >= 0.6 is 0 Å². The first-order valence-corrected chi connectivity index (χ1v) is 8.90. The van der Waals surface area contributed by atoms with Gasteiger partial charge < -0.3 is 15.5 Å². The van der Waals surface area contributed by atoms with Crippen molar-refractivity contribution in [3.05, 3.63) is 36.0 Å². The van der Waals surface area contributed by atoms with E-state index in [9.17, 15) is 4.79 Å². The summed E-state index contributed by atoms with van der Waals surface area (Å²) in [7, 11) is 0. The third kappa shape index (κ3) is 4.38. The highest BCUT2D eigenvalue weighted by Crippen LogP contribution is 2.19. The number of hydrogen-bond donors (Lipinski definition) is 2. The molecule has 2 aliphatic rings. The van der Waals surface area contributed by atoms with Gasteiger partial charge in [-0.3, -0.25) is 4.79 Å². The highest BCUT2D eigenvalue weighted by molar-refractivity contribution is 5.79. The van der Waals surface area contributed by atoms with E-state index in [0.717, 1.165) is 31.6 Å². The molecule has 0 bridgehead atoms. The highest BCUT2D eigenvalue weighted by atomic mass is 16.2. The largest absolute Gasteiger partial charge is 0.369 e. The number of aromatic nitrogens is 1. The van der Waals surface area contributed by atoms with Crippen LogP contribution in [0.1, 0.15) is 24.8 Å². The number of nitrogens with zero attached hydrogens (tertiary/aromatic N) is 4. The molecule has 3 atom stereocenters. The number of carbonyl (C=O) groups excluding carboxylic acids is 1. The second kappa shape index (κ2) is 8.46. The maximum atomic E-state index is 12.3. The average molecular weight is 350 g/mol. The summed E-state index contributed by atoms with van der Waals surface area (Å²) in [6.45, 7) is 1.71. The molecule has 1 aromatic heterocycles. The predicted molar refractivity (Wildman–Crippen MR) is 96.8 cm³/mol. The lowest BCUT2D eigenvalue weighted by molar-refractivity contribution is -0.130. The molecule has 1 aliphatic carbocycles. The average Bonchev–Trinajstić information content (AvgIpc) is 3.34. The van der Waals surface area contributed by atoms with Crippen LogP contribution in [0.2, 0.25) is 0 Å².